The third-order valence-electron chi connectivity index (χ3n) is 3.94. The molecule has 0 aliphatic heterocycles. The highest BCUT2D eigenvalue weighted by Gasteiger charge is 2.08. The van der Waals surface area contributed by atoms with Gasteiger partial charge in [-0.3, -0.25) is 9.89 Å². The lowest BCUT2D eigenvalue weighted by molar-refractivity contribution is 0.972. The first kappa shape index (κ1) is 15.7. The van der Waals surface area contributed by atoms with Gasteiger partial charge in [0, 0.05) is 34.0 Å². The van der Waals surface area contributed by atoms with Gasteiger partial charge in [0.05, 0.1) is 0 Å². The van der Waals surface area contributed by atoms with Crippen molar-refractivity contribution in [3.05, 3.63) is 76.1 Å². The van der Waals surface area contributed by atoms with Crippen LogP contribution in [0.25, 0.3) is 22.3 Å². The zero-order chi connectivity index (χ0) is 17.2. The SMILES string of the molecule is Cc1ccc(-c2nc(SCc3cc(=O)c4ccccc4[nH]3)n[nH]2)cc1. The Bertz CT molecular complexity index is 1080. The van der Waals surface area contributed by atoms with Crippen molar-refractivity contribution < 1.29 is 0 Å². The monoisotopic (exact) mass is 348 g/mol. The quantitative estimate of drug-likeness (QED) is 0.548. The van der Waals surface area contributed by atoms with Crippen LogP contribution in [0, 0.1) is 6.92 Å². The summed E-state index contributed by atoms with van der Waals surface area (Å²) in [7, 11) is 0. The Morgan fingerprint density at radius 2 is 1.88 bits per heavy atom. The molecule has 2 heterocycles. The number of H-pyrrole nitrogens is 2. The number of hydrogen-bond donors (Lipinski definition) is 2. The molecule has 2 aromatic heterocycles. The lowest BCUT2D eigenvalue weighted by Crippen LogP contribution is -2.04. The van der Waals surface area contributed by atoms with Gasteiger partial charge < -0.3 is 4.98 Å². The summed E-state index contributed by atoms with van der Waals surface area (Å²) in [5.74, 6) is 1.35. The van der Waals surface area contributed by atoms with Crippen molar-refractivity contribution in [3.8, 4) is 11.4 Å². The van der Waals surface area contributed by atoms with Crippen molar-refractivity contribution in [2.45, 2.75) is 17.8 Å². The minimum absolute atomic E-state index is 0.0280. The number of para-hydroxylation sites is 1. The number of nitrogens with zero attached hydrogens (tertiary/aromatic N) is 2. The Hall–Kier alpha value is -2.86. The number of fused-ring (bicyclic) bond motifs is 1. The summed E-state index contributed by atoms with van der Waals surface area (Å²) in [6.45, 7) is 2.05. The molecule has 4 aromatic rings. The maximum absolute atomic E-state index is 12.2. The number of thioether (sulfide) groups is 1. The fourth-order valence-electron chi connectivity index (χ4n) is 2.62. The van der Waals surface area contributed by atoms with Crippen LogP contribution >= 0.6 is 11.8 Å². The fraction of sp³-hybridized carbons (Fsp3) is 0.105. The normalized spacial score (nSPS) is 11.1. The van der Waals surface area contributed by atoms with Gasteiger partial charge in [0.25, 0.3) is 0 Å². The second-order valence-electron chi connectivity index (χ2n) is 5.83. The molecule has 0 saturated heterocycles. The summed E-state index contributed by atoms with van der Waals surface area (Å²) >= 11 is 1.49. The average molecular weight is 348 g/mol. The molecule has 25 heavy (non-hydrogen) atoms. The number of benzene rings is 2. The van der Waals surface area contributed by atoms with E-state index in [0.717, 1.165) is 22.6 Å². The standard InChI is InChI=1S/C19H16N4OS/c1-12-6-8-13(9-7-12)18-21-19(23-22-18)25-11-14-10-17(24)15-4-2-3-5-16(15)20-14/h2-10H,11H2,1H3,(H,20,24)(H,21,22,23). The van der Waals surface area contributed by atoms with Crippen LogP contribution in [0.3, 0.4) is 0 Å². The van der Waals surface area contributed by atoms with E-state index in [0.29, 0.717) is 16.3 Å². The minimum atomic E-state index is 0.0280. The fourth-order valence-corrected chi connectivity index (χ4v) is 3.33. The third-order valence-corrected chi connectivity index (χ3v) is 4.84. The molecule has 0 unspecified atom stereocenters. The Morgan fingerprint density at radius 1 is 1.08 bits per heavy atom. The van der Waals surface area contributed by atoms with Gasteiger partial charge in [0.1, 0.15) is 0 Å². The summed E-state index contributed by atoms with van der Waals surface area (Å²) in [6.07, 6.45) is 0. The van der Waals surface area contributed by atoms with Gasteiger partial charge in [0.2, 0.25) is 5.16 Å². The molecule has 0 atom stereocenters. The van der Waals surface area contributed by atoms with Crippen LogP contribution in [-0.2, 0) is 5.75 Å². The molecule has 0 fully saturated rings. The minimum Gasteiger partial charge on any atom is -0.357 e. The van der Waals surface area contributed by atoms with Crippen LogP contribution in [0.4, 0.5) is 0 Å². The van der Waals surface area contributed by atoms with E-state index < -0.39 is 0 Å². The van der Waals surface area contributed by atoms with Gasteiger partial charge in [0.15, 0.2) is 11.3 Å². The molecule has 2 N–H and O–H groups in total. The zero-order valence-corrected chi connectivity index (χ0v) is 14.4. The summed E-state index contributed by atoms with van der Waals surface area (Å²) in [4.78, 5) is 20.0. The van der Waals surface area contributed by atoms with Crippen LogP contribution in [0.2, 0.25) is 0 Å². The number of aromatic amines is 2. The average Bonchev–Trinajstić information content (AvgIpc) is 3.10. The smallest absolute Gasteiger partial charge is 0.209 e. The molecule has 6 heteroatoms. The van der Waals surface area contributed by atoms with Crippen molar-refractivity contribution in [3.63, 3.8) is 0 Å². The number of rotatable bonds is 4. The van der Waals surface area contributed by atoms with Gasteiger partial charge in [-0.05, 0) is 19.1 Å². The summed E-state index contributed by atoms with van der Waals surface area (Å²) in [5, 5.41) is 8.58. The highest BCUT2D eigenvalue weighted by Crippen LogP contribution is 2.22. The summed E-state index contributed by atoms with van der Waals surface area (Å²) in [5.41, 5.74) is 3.94. The van der Waals surface area contributed by atoms with Gasteiger partial charge in [-0.2, -0.15) is 0 Å². The molecule has 4 rings (SSSR count). The van der Waals surface area contributed by atoms with Crippen molar-refractivity contribution >= 4 is 22.7 Å². The van der Waals surface area contributed by atoms with Gasteiger partial charge >= 0.3 is 0 Å². The number of hydrogen-bond acceptors (Lipinski definition) is 4. The highest BCUT2D eigenvalue weighted by molar-refractivity contribution is 7.98. The molecule has 0 radical (unpaired) electrons. The Kier molecular flexibility index (Phi) is 4.11. The predicted molar refractivity (Wildman–Crippen MR) is 101 cm³/mol. The van der Waals surface area contributed by atoms with Crippen molar-refractivity contribution in [2.24, 2.45) is 0 Å². The first-order valence-corrected chi connectivity index (χ1v) is 8.91. The van der Waals surface area contributed by atoms with Crippen LogP contribution in [0.5, 0.6) is 0 Å². The van der Waals surface area contributed by atoms with Crippen LogP contribution in [0.15, 0.2) is 64.5 Å². The van der Waals surface area contributed by atoms with Gasteiger partial charge in [-0.15, -0.1) is 5.10 Å². The molecule has 0 spiro atoms. The Morgan fingerprint density at radius 3 is 2.72 bits per heavy atom. The van der Waals surface area contributed by atoms with Gasteiger partial charge in [-0.1, -0.05) is 53.7 Å². The first-order valence-electron chi connectivity index (χ1n) is 7.92. The lowest BCUT2D eigenvalue weighted by atomic mass is 10.1. The van der Waals surface area contributed by atoms with Crippen LogP contribution in [0.1, 0.15) is 11.3 Å². The predicted octanol–water partition coefficient (Wildman–Crippen LogP) is 3.91. The molecular weight excluding hydrogens is 332 g/mol. The molecule has 0 saturated carbocycles. The zero-order valence-electron chi connectivity index (χ0n) is 13.6. The third kappa shape index (κ3) is 3.34. The van der Waals surface area contributed by atoms with E-state index in [-0.39, 0.29) is 5.43 Å². The van der Waals surface area contributed by atoms with E-state index in [1.54, 1.807) is 6.07 Å². The van der Waals surface area contributed by atoms with E-state index in [1.165, 1.54) is 17.3 Å². The number of aromatic nitrogens is 4. The number of aryl methyl sites for hydroxylation is 1. The Balaban J connectivity index is 1.52. The second kappa shape index (κ2) is 6.57. The van der Waals surface area contributed by atoms with Crippen molar-refractivity contribution in [1.82, 2.24) is 20.2 Å². The second-order valence-corrected chi connectivity index (χ2v) is 6.77. The summed E-state index contributed by atoms with van der Waals surface area (Å²) in [6, 6.07) is 17.3. The Labute approximate surface area is 148 Å². The molecule has 0 aliphatic rings. The largest absolute Gasteiger partial charge is 0.357 e. The van der Waals surface area contributed by atoms with E-state index >= 15 is 0 Å². The van der Waals surface area contributed by atoms with Crippen LogP contribution in [-0.4, -0.2) is 20.2 Å². The van der Waals surface area contributed by atoms with Crippen molar-refractivity contribution in [1.29, 1.82) is 0 Å². The van der Waals surface area contributed by atoms with E-state index in [4.69, 9.17) is 0 Å². The lowest BCUT2D eigenvalue weighted by Gasteiger charge is -2.02. The molecular formula is C19H16N4OS. The van der Waals surface area contributed by atoms with E-state index in [1.807, 2.05) is 48.5 Å². The number of pyridine rings is 1. The summed E-state index contributed by atoms with van der Waals surface area (Å²) < 4.78 is 0. The molecule has 0 bridgehead atoms. The maximum Gasteiger partial charge on any atom is 0.209 e. The first-order chi connectivity index (χ1) is 12.2. The van der Waals surface area contributed by atoms with E-state index in [9.17, 15) is 4.79 Å². The molecule has 5 nitrogen and oxygen atoms in total. The highest BCUT2D eigenvalue weighted by atomic mass is 32.2. The molecule has 2 aromatic carbocycles. The van der Waals surface area contributed by atoms with Crippen molar-refractivity contribution in [2.75, 3.05) is 0 Å². The molecule has 0 amide bonds. The van der Waals surface area contributed by atoms with Crippen LogP contribution < -0.4 is 5.43 Å². The molecule has 124 valence electrons. The maximum atomic E-state index is 12.2. The van der Waals surface area contributed by atoms with E-state index in [2.05, 4.69) is 27.1 Å². The number of nitrogens with one attached hydrogen (secondary N) is 2. The molecule has 0 aliphatic carbocycles. The topological polar surface area (TPSA) is 74.4 Å². The van der Waals surface area contributed by atoms with Gasteiger partial charge in [-0.25, -0.2) is 4.98 Å².